The highest BCUT2D eigenvalue weighted by molar-refractivity contribution is 5.91. The Kier molecular flexibility index (Phi) is 4.88. The largest absolute Gasteiger partial charge is 0.449 e. The predicted molar refractivity (Wildman–Crippen MR) is 95.6 cm³/mol. The number of nitrogens with zero attached hydrogens (tertiary/aromatic N) is 1. The molecule has 1 heterocycles. The van der Waals surface area contributed by atoms with E-state index in [0.717, 1.165) is 11.1 Å². The molecule has 3 unspecified atom stereocenters. The summed E-state index contributed by atoms with van der Waals surface area (Å²) < 4.78 is 5.51. The van der Waals surface area contributed by atoms with E-state index >= 15 is 0 Å². The Morgan fingerprint density at radius 1 is 0.960 bits per heavy atom. The van der Waals surface area contributed by atoms with E-state index in [2.05, 4.69) is 0 Å². The van der Waals surface area contributed by atoms with E-state index in [-0.39, 0.29) is 29.9 Å². The lowest BCUT2D eigenvalue weighted by Gasteiger charge is -2.49. The van der Waals surface area contributed by atoms with Crippen LogP contribution in [0.5, 0.6) is 0 Å². The smallest absolute Gasteiger partial charge is 0.309 e. The maximum Gasteiger partial charge on any atom is 0.309 e. The highest BCUT2D eigenvalue weighted by Gasteiger charge is 2.52. The second-order valence-electron chi connectivity index (χ2n) is 6.70. The molecular formula is C21H23NO3. The van der Waals surface area contributed by atoms with Crippen LogP contribution in [-0.2, 0) is 14.3 Å². The summed E-state index contributed by atoms with van der Waals surface area (Å²) in [6.07, 6.45) is -0.747. The molecule has 0 spiro atoms. The number of esters is 1. The van der Waals surface area contributed by atoms with Crippen LogP contribution in [0.1, 0.15) is 44.0 Å². The van der Waals surface area contributed by atoms with Gasteiger partial charge in [-0.2, -0.15) is 0 Å². The fraction of sp³-hybridized carbons (Fsp3) is 0.333. The second-order valence-corrected chi connectivity index (χ2v) is 6.70. The summed E-state index contributed by atoms with van der Waals surface area (Å²) in [7, 11) is 0. The van der Waals surface area contributed by atoms with Crippen LogP contribution >= 0.6 is 0 Å². The molecule has 0 saturated carbocycles. The van der Waals surface area contributed by atoms with Crippen molar-refractivity contribution in [3.8, 4) is 0 Å². The summed E-state index contributed by atoms with van der Waals surface area (Å²) in [5, 5.41) is 0. The van der Waals surface area contributed by atoms with E-state index in [1.807, 2.05) is 72.5 Å². The van der Waals surface area contributed by atoms with Crippen LogP contribution < -0.4 is 0 Å². The topological polar surface area (TPSA) is 46.6 Å². The first-order chi connectivity index (χ1) is 12.0. The number of hydrogen-bond donors (Lipinski definition) is 0. The molecule has 1 amide bonds. The van der Waals surface area contributed by atoms with Crippen molar-refractivity contribution in [1.29, 1.82) is 0 Å². The average Bonchev–Trinajstić information content (AvgIpc) is 2.64. The number of carbonyl (C=O) groups excluding carboxylic acids is 2. The van der Waals surface area contributed by atoms with Crippen LogP contribution in [0.25, 0.3) is 0 Å². The van der Waals surface area contributed by atoms with E-state index in [1.54, 1.807) is 13.8 Å². The lowest BCUT2D eigenvalue weighted by molar-refractivity contribution is -0.189. The van der Waals surface area contributed by atoms with Crippen molar-refractivity contribution in [2.45, 2.75) is 39.0 Å². The number of ether oxygens (including phenoxy) is 1. The fourth-order valence-electron chi connectivity index (χ4n) is 3.17. The Morgan fingerprint density at radius 3 is 2.08 bits per heavy atom. The van der Waals surface area contributed by atoms with Crippen LogP contribution in [-0.4, -0.2) is 22.9 Å². The molecular weight excluding hydrogens is 314 g/mol. The van der Waals surface area contributed by atoms with Gasteiger partial charge in [0.15, 0.2) is 0 Å². The first-order valence-electron chi connectivity index (χ1n) is 8.63. The predicted octanol–water partition coefficient (Wildman–Crippen LogP) is 3.90. The zero-order valence-corrected chi connectivity index (χ0v) is 14.8. The van der Waals surface area contributed by atoms with Crippen molar-refractivity contribution in [2.75, 3.05) is 0 Å². The van der Waals surface area contributed by atoms with Crippen LogP contribution in [0.3, 0.4) is 0 Å². The van der Waals surface area contributed by atoms with Gasteiger partial charge in [0, 0.05) is 0 Å². The molecule has 3 atom stereocenters. The Morgan fingerprint density at radius 2 is 1.52 bits per heavy atom. The average molecular weight is 337 g/mol. The van der Waals surface area contributed by atoms with Gasteiger partial charge in [-0.1, -0.05) is 74.5 Å². The summed E-state index contributed by atoms with van der Waals surface area (Å²) in [5.74, 6) is -0.740. The molecule has 4 nitrogen and oxygen atoms in total. The van der Waals surface area contributed by atoms with Crippen LogP contribution in [0, 0.1) is 5.92 Å². The lowest BCUT2D eigenvalue weighted by Crippen LogP contribution is -2.61. The summed E-state index contributed by atoms with van der Waals surface area (Å²) in [5.41, 5.74) is 2.04. The van der Waals surface area contributed by atoms with Gasteiger partial charge in [-0.25, -0.2) is 0 Å². The highest BCUT2D eigenvalue weighted by atomic mass is 16.6. The Bertz CT molecular complexity index is 742. The Labute approximate surface area is 148 Å². The maximum absolute atomic E-state index is 12.8. The van der Waals surface area contributed by atoms with Crippen molar-refractivity contribution in [3.05, 3.63) is 71.8 Å². The van der Waals surface area contributed by atoms with E-state index in [9.17, 15) is 9.59 Å². The molecule has 0 aromatic heterocycles. The first kappa shape index (κ1) is 17.2. The molecule has 2 aromatic carbocycles. The molecule has 1 saturated heterocycles. The summed E-state index contributed by atoms with van der Waals surface area (Å²) in [4.78, 5) is 26.6. The molecule has 4 heteroatoms. The van der Waals surface area contributed by atoms with E-state index in [1.165, 1.54) is 0 Å². The zero-order chi connectivity index (χ0) is 18.0. The van der Waals surface area contributed by atoms with Crippen LogP contribution in [0.15, 0.2) is 60.7 Å². The van der Waals surface area contributed by atoms with Crippen molar-refractivity contribution in [3.63, 3.8) is 0 Å². The number of hydrogen-bond acceptors (Lipinski definition) is 3. The standard InChI is InChI=1S/C21H23NO3/c1-14(2)21(24)25-19-18(17-12-8-5-9-13-17)22(20(19)23)15(3)16-10-6-4-7-11-16/h4-15,18-19H,1-3H3. The van der Waals surface area contributed by atoms with Crippen LogP contribution in [0.4, 0.5) is 0 Å². The minimum atomic E-state index is -0.747. The van der Waals surface area contributed by atoms with Gasteiger partial charge in [-0.15, -0.1) is 0 Å². The van der Waals surface area contributed by atoms with Crippen LogP contribution in [0.2, 0.25) is 0 Å². The lowest BCUT2D eigenvalue weighted by atomic mass is 9.87. The van der Waals surface area contributed by atoms with E-state index in [0.29, 0.717) is 0 Å². The molecule has 0 N–H and O–H groups in total. The molecule has 3 rings (SSSR count). The first-order valence-corrected chi connectivity index (χ1v) is 8.63. The summed E-state index contributed by atoms with van der Waals surface area (Å²) in [6, 6.07) is 19.3. The third kappa shape index (κ3) is 3.29. The third-order valence-electron chi connectivity index (χ3n) is 4.64. The van der Waals surface area contributed by atoms with Crippen molar-refractivity contribution in [1.82, 2.24) is 4.90 Å². The number of rotatable bonds is 5. The molecule has 2 aromatic rings. The Hall–Kier alpha value is -2.62. The van der Waals surface area contributed by atoms with Gasteiger partial charge in [0.1, 0.15) is 6.04 Å². The third-order valence-corrected chi connectivity index (χ3v) is 4.64. The van der Waals surface area contributed by atoms with Crippen molar-refractivity contribution < 1.29 is 14.3 Å². The van der Waals surface area contributed by atoms with Crippen molar-refractivity contribution >= 4 is 11.9 Å². The number of amides is 1. The molecule has 1 fully saturated rings. The minimum absolute atomic E-state index is 0.0899. The Balaban J connectivity index is 1.90. The number of benzene rings is 2. The van der Waals surface area contributed by atoms with Crippen molar-refractivity contribution in [2.24, 2.45) is 5.92 Å². The molecule has 1 aliphatic heterocycles. The summed E-state index contributed by atoms with van der Waals surface area (Å²) in [6.45, 7) is 5.55. The van der Waals surface area contributed by atoms with Gasteiger partial charge >= 0.3 is 5.97 Å². The van der Waals surface area contributed by atoms with Gasteiger partial charge in [0.2, 0.25) is 6.10 Å². The van der Waals surface area contributed by atoms with Gasteiger partial charge < -0.3 is 9.64 Å². The fourth-order valence-corrected chi connectivity index (χ4v) is 3.17. The van der Waals surface area contributed by atoms with Gasteiger partial charge in [0.25, 0.3) is 5.91 Å². The molecule has 25 heavy (non-hydrogen) atoms. The normalized spacial score (nSPS) is 21.0. The second kappa shape index (κ2) is 7.09. The summed E-state index contributed by atoms with van der Waals surface area (Å²) >= 11 is 0. The van der Waals surface area contributed by atoms with Gasteiger partial charge in [-0.05, 0) is 18.1 Å². The maximum atomic E-state index is 12.8. The molecule has 0 radical (unpaired) electrons. The highest BCUT2D eigenvalue weighted by Crippen LogP contribution is 2.43. The molecule has 130 valence electrons. The molecule has 0 aliphatic carbocycles. The molecule has 0 bridgehead atoms. The SMILES string of the molecule is CC(C)C(=O)OC1C(=O)N(C(C)c2ccccc2)C1c1ccccc1. The zero-order valence-electron chi connectivity index (χ0n) is 14.8. The monoisotopic (exact) mass is 337 g/mol. The minimum Gasteiger partial charge on any atom is -0.449 e. The van der Waals surface area contributed by atoms with Gasteiger partial charge in [0.05, 0.1) is 12.0 Å². The van der Waals surface area contributed by atoms with E-state index in [4.69, 9.17) is 4.74 Å². The number of carbonyl (C=O) groups is 2. The van der Waals surface area contributed by atoms with Gasteiger partial charge in [-0.3, -0.25) is 9.59 Å². The number of likely N-dealkylation sites (tertiary alicyclic amines) is 1. The quantitative estimate of drug-likeness (QED) is 0.614. The number of β-lactam (4-membered cyclic amide) rings is 1. The van der Waals surface area contributed by atoms with E-state index < -0.39 is 6.10 Å². The molecule has 1 aliphatic rings.